The van der Waals surface area contributed by atoms with Gasteiger partial charge in [-0.25, -0.2) is 9.97 Å². The van der Waals surface area contributed by atoms with E-state index in [1.807, 2.05) is 0 Å². The molecule has 17 heavy (non-hydrogen) atoms. The van der Waals surface area contributed by atoms with Crippen LogP contribution in [0.2, 0.25) is 0 Å². The summed E-state index contributed by atoms with van der Waals surface area (Å²) in [4.78, 5) is 8.03. The summed E-state index contributed by atoms with van der Waals surface area (Å²) < 4.78 is 5.02. The number of nitrogens with zero attached hydrogens (tertiary/aromatic N) is 2. The van der Waals surface area contributed by atoms with E-state index >= 15 is 0 Å². The Bertz CT molecular complexity index is 352. The fourth-order valence-corrected chi connectivity index (χ4v) is 2.04. The molecule has 0 aliphatic heterocycles. The molecule has 1 N–H and O–H groups in total. The monoisotopic (exact) mass is 257 g/mol. The van der Waals surface area contributed by atoms with Crippen LogP contribution < -0.4 is 10.1 Å². The highest BCUT2D eigenvalue weighted by Crippen LogP contribution is 2.23. The molecule has 0 amide bonds. The highest BCUT2D eigenvalue weighted by Gasteiger charge is 2.16. The van der Waals surface area contributed by atoms with Crippen LogP contribution in [0.15, 0.2) is 12.4 Å². The second-order valence-electron chi connectivity index (χ2n) is 5.19. The van der Waals surface area contributed by atoms with Crippen molar-refractivity contribution in [2.75, 3.05) is 19.0 Å². The number of nitrogens with one attached hydrogen (secondary N) is 1. The molecule has 1 unspecified atom stereocenters. The van der Waals surface area contributed by atoms with Crippen molar-refractivity contribution in [1.29, 1.82) is 0 Å². The van der Waals surface area contributed by atoms with Crippen LogP contribution in [-0.2, 0) is 0 Å². The number of halogens is 1. The molecule has 0 aromatic carbocycles. The third-order valence-corrected chi connectivity index (χ3v) is 2.50. The summed E-state index contributed by atoms with van der Waals surface area (Å²) in [5.41, 5.74) is 0.234. The molecule has 0 spiro atoms. The van der Waals surface area contributed by atoms with Crippen molar-refractivity contribution >= 4 is 17.4 Å². The predicted octanol–water partition coefficient (Wildman–Crippen LogP) is 2.94. The van der Waals surface area contributed by atoms with E-state index in [2.05, 4.69) is 36.1 Å². The van der Waals surface area contributed by atoms with Gasteiger partial charge in [0.1, 0.15) is 12.1 Å². The molecule has 0 saturated heterocycles. The van der Waals surface area contributed by atoms with E-state index in [0.29, 0.717) is 12.4 Å². The Kier molecular flexibility index (Phi) is 5.00. The lowest BCUT2D eigenvalue weighted by Gasteiger charge is -2.22. The average molecular weight is 258 g/mol. The van der Waals surface area contributed by atoms with Gasteiger partial charge in [0.25, 0.3) is 0 Å². The molecule has 0 aliphatic rings. The van der Waals surface area contributed by atoms with Gasteiger partial charge in [-0.2, -0.15) is 0 Å². The molecule has 0 radical (unpaired) electrons. The zero-order chi connectivity index (χ0) is 12.9. The molecular formula is C12H20ClN3O. The Morgan fingerprint density at radius 3 is 2.71 bits per heavy atom. The molecule has 0 bridgehead atoms. The number of rotatable bonds is 5. The highest BCUT2D eigenvalue weighted by molar-refractivity contribution is 6.20. The van der Waals surface area contributed by atoms with Gasteiger partial charge < -0.3 is 10.1 Å². The van der Waals surface area contributed by atoms with Crippen molar-refractivity contribution in [1.82, 2.24) is 9.97 Å². The molecule has 1 aromatic rings. The minimum atomic E-state index is 0.0796. The van der Waals surface area contributed by atoms with E-state index in [1.54, 1.807) is 13.2 Å². The van der Waals surface area contributed by atoms with Crippen LogP contribution in [0.4, 0.5) is 5.82 Å². The predicted molar refractivity (Wildman–Crippen MR) is 70.8 cm³/mol. The first-order valence-electron chi connectivity index (χ1n) is 5.65. The number of methoxy groups -OCH3 is 1. The van der Waals surface area contributed by atoms with Crippen molar-refractivity contribution in [2.24, 2.45) is 5.41 Å². The number of anilines is 1. The van der Waals surface area contributed by atoms with Crippen LogP contribution in [0.3, 0.4) is 0 Å². The molecule has 1 rings (SSSR count). The maximum atomic E-state index is 6.25. The number of hydrogen-bond acceptors (Lipinski definition) is 4. The Hall–Kier alpha value is -1.03. The first kappa shape index (κ1) is 14.0. The van der Waals surface area contributed by atoms with Crippen LogP contribution in [0.1, 0.15) is 27.2 Å². The van der Waals surface area contributed by atoms with Crippen molar-refractivity contribution in [3.8, 4) is 5.88 Å². The number of alkyl halides is 1. The summed E-state index contributed by atoms with van der Waals surface area (Å²) in [6.45, 7) is 7.21. The van der Waals surface area contributed by atoms with Gasteiger partial charge in [-0.15, -0.1) is 11.6 Å². The first-order chi connectivity index (χ1) is 7.90. The van der Waals surface area contributed by atoms with Crippen molar-refractivity contribution in [3.05, 3.63) is 12.4 Å². The first-order valence-corrected chi connectivity index (χ1v) is 6.08. The molecule has 0 saturated carbocycles. The largest absolute Gasteiger partial charge is 0.481 e. The third-order valence-electron chi connectivity index (χ3n) is 2.19. The minimum absolute atomic E-state index is 0.0796. The fourth-order valence-electron chi connectivity index (χ4n) is 1.50. The van der Waals surface area contributed by atoms with E-state index in [-0.39, 0.29) is 10.8 Å². The molecule has 4 nitrogen and oxygen atoms in total. The van der Waals surface area contributed by atoms with E-state index in [1.165, 1.54) is 6.33 Å². The van der Waals surface area contributed by atoms with Crippen LogP contribution >= 0.6 is 11.6 Å². The van der Waals surface area contributed by atoms with Crippen LogP contribution in [0.25, 0.3) is 0 Å². The summed E-state index contributed by atoms with van der Waals surface area (Å²) in [6, 6.07) is 1.75. The van der Waals surface area contributed by atoms with Gasteiger partial charge in [0, 0.05) is 12.6 Å². The topological polar surface area (TPSA) is 47.0 Å². The SMILES string of the molecule is COc1cc(NCC(Cl)CC(C)(C)C)ncn1. The summed E-state index contributed by atoms with van der Waals surface area (Å²) >= 11 is 6.25. The van der Waals surface area contributed by atoms with E-state index in [0.717, 1.165) is 12.2 Å². The van der Waals surface area contributed by atoms with Gasteiger partial charge in [0.2, 0.25) is 5.88 Å². The summed E-state index contributed by atoms with van der Waals surface area (Å²) in [5.74, 6) is 1.28. The Labute approximate surface area is 108 Å². The van der Waals surface area contributed by atoms with Gasteiger partial charge in [-0.3, -0.25) is 0 Å². The maximum absolute atomic E-state index is 6.25. The lowest BCUT2D eigenvalue weighted by atomic mass is 9.90. The van der Waals surface area contributed by atoms with Gasteiger partial charge in [-0.1, -0.05) is 20.8 Å². The van der Waals surface area contributed by atoms with Crippen LogP contribution in [-0.4, -0.2) is 29.0 Å². The van der Waals surface area contributed by atoms with Crippen molar-refractivity contribution < 1.29 is 4.74 Å². The van der Waals surface area contributed by atoms with E-state index in [4.69, 9.17) is 16.3 Å². The van der Waals surface area contributed by atoms with Crippen molar-refractivity contribution in [2.45, 2.75) is 32.6 Å². The smallest absolute Gasteiger partial charge is 0.218 e. The normalized spacial score (nSPS) is 13.2. The number of hydrogen-bond donors (Lipinski definition) is 1. The highest BCUT2D eigenvalue weighted by atomic mass is 35.5. The fraction of sp³-hybridized carbons (Fsp3) is 0.667. The Morgan fingerprint density at radius 2 is 2.12 bits per heavy atom. The summed E-state index contributed by atoms with van der Waals surface area (Å²) in [7, 11) is 1.58. The lowest BCUT2D eigenvalue weighted by molar-refractivity contribution is 0.373. The molecule has 5 heteroatoms. The standard InChI is InChI=1S/C12H20ClN3O/c1-12(2,3)6-9(13)7-14-10-5-11(17-4)16-8-15-10/h5,8-9H,6-7H2,1-4H3,(H,14,15,16). The van der Waals surface area contributed by atoms with Crippen LogP contribution in [0, 0.1) is 5.41 Å². The molecule has 96 valence electrons. The molecular weight excluding hydrogens is 238 g/mol. The molecule has 1 aromatic heterocycles. The van der Waals surface area contributed by atoms with Gasteiger partial charge in [-0.05, 0) is 11.8 Å². The third kappa shape index (κ3) is 5.73. The molecule has 0 fully saturated rings. The molecule has 0 aliphatic carbocycles. The van der Waals surface area contributed by atoms with E-state index in [9.17, 15) is 0 Å². The quantitative estimate of drug-likeness (QED) is 0.824. The number of ether oxygens (including phenoxy) is 1. The zero-order valence-electron chi connectivity index (χ0n) is 10.8. The van der Waals surface area contributed by atoms with Crippen molar-refractivity contribution in [3.63, 3.8) is 0 Å². The minimum Gasteiger partial charge on any atom is -0.481 e. The second kappa shape index (κ2) is 6.05. The summed E-state index contributed by atoms with van der Waals surface area (Å²) in [6.07, 6.45) is 2.41. The lowest BCUT2D eigenvalue weighted by Crippen LogP contribution is -2.21. The molecule has 1 atom stereocenters. The van der Waals surface area contributed by atoms with E-state index < -0.39 is 0 Å². The molecule has 1 heterocycles. The summed E-state index contributed by atoms with van der Waals surface area (Å²) in [5, 5.41) is 3.26. The van der Waals surface area contributed by atoms with Gasteiger partial charge in [0.05, 0.1) is 12.5 Å². The number of aromatic nitrogens is 2. The Morgan fingerprint density at radius 1 is 1.41 bits per heavy atom. The van der Waals surface area contributed by atoms with Gasteiger partial charge in [0.15, 0.2) is 0 Å². The van der Waals surface area contributed by atoms with Crippen LogP contribution in [0.5, 0.6) is 5.88 Å². The zero-order valence-corrected chi connectivity index (χ0v) is 11.6. The Balaban J connectivity index is 2.44. The van der Waals surface area contributed by atoms with Gasteiger partial charge >= 0.3 is 0 Å². The second-order valence-corrected chi connectivity index (χ2v) is 5.81. The maximum Gasteiger partial charge on any atom is 0.218 e. The average Bonchev–Trinajstić information content (AvgIpc) is 2.24.